The largest absolute Gasteiger partial charge is 0.495 e. The Bertz CT molecular complexity index is 417. The summed E-state index contributed by atoms with van der Waals surface area (Å²) in [7, 11) is 1.61. The minimum absolute atomic E-state index is 0.0242. The van der Waals surface area contributed by atoms with Crippen molar-refractivity contribution in [1.82, 2.24) is 0 Å². The van der Waals surface area contributed by atoms with Crippen LogP contribution in [-0.4, -0.2) is 25.6 Å². The SMILES string of the molecule is COc1ccc(C)cc1N1CCC(N)C1=O. The van der Waals surface area contributed by atoms with Crippen LogP contribution < -0.4 is 15.4 Å². The number of methoxy groups -OCH3 is 1. The minimum Gasteiger partial charge on any atom is -0.495 e. The number of aryl methyl sites for hydroxylation is 1. The molecule has 0 aliphatic carbocycles. The van der Waals surface area contributed by atoms with Crippen molar-refractivity contribution in [3.05, 3.63) is 23.8 Å². The zero-order valence-electron chi connectivity index (χ0n) is 9.56. The quantitative estimate of drug-likeness (QED) is 0.811. The Labute approximate surface area is 95.0 Å². The zero-order valence-corrected chi connectivity index (χ0v) is 9.56. The lowest BCUT2D eigenvalue weighted by atomic mass is 10.2. The van der Waals surface area contributed by atoms with Gasteiger partial charge in [0.1, 0.15) is 5.75 Å². The number of benzene rings is 1. The highest BCUT2D eigenvalue weighted by Gasteiger charge is 2.31. The molecule has 4 heteroatoms. The highest BCUT2D eigenvalue weighted by molar-refractivity contribution is 6.00. The highest BCUT2D eigenvalue weighted by atomic mass is 16.5. The molecule has 1 aromatic carbocycles. The van der Waals surface area contributed by atoms with Crippen LogP contribution in [0, 0.1) is 6.92 Å². The Morgan fingerprint density at radius 2 is 2.25 bits per heavy atom. The first-order valence-electron chi connectivity index (χ1n) is 5.35. The van der Waals surface area contributed by atoms with Crippen molar-refractivity contribution < 1.29 is 9.53 Å². The molecule has 1 heterocycles. The molecule has 1 unspecified atom stereocenters. The predicted octanol–water partition coefficient (Wildman–Crippen LogP) is 1.07. The maximum atomic E-state index is 11.8. The number of hydrogen-bond donors (Lipinski definition) is 1. The van der Waals surface area contributed by atoms with E-state index >= 15 is 0 Å². The number of nitrogens with two attached hydrogens (primary N) is 1. The fraction of sp³-hybridized carbons (Fsp3) is 0.417. The van der Waals surface area contributed by atoms with Crippen molar-refractivity contribution in [3.8, 4) is 5.75 Å². The Morgan fingerprint density at radius 1 is 1.50 bits per heavy atom. The molecular formula is C12H16N2O2. The first-order valence-corrected chi connectivity index (χ1v) is 5.35. The van der Waals surface area contributed by atoms with Crippen LogP contribution in [0.5, 0.6) is 5.75 Å². The van der Waals surface area contributed by atoms with Gasteiger partial charge in [-0.1, -0.05) is 6.07 Å². The summed E-state index contributed by atoms with van der Waals surface area (Å²) in [6, 6.07) is 5.42. The lowest BCUT2D eigenvalue weighted by molar-refractivity contribution is -0.118. The maximum absolute atomic E-state index is 11.8. The standard InChI is InChI=1S/C12H16N2O2/c1-8-3-4-11(16-2)10(7-8)14-6-5-9(13)12(14)15/h3-4,7,9H,5-6,13H2,1-2H3. The van der Waals surface area contributed by atoms with E-state index < -0.39 is 0 Å². The molecule has 1 atom stereocenters. The average molecular weight is 220 g/mol. The molecule has 1 amide bonds. The van der Waals surface area contributed by atoms with Crippen LogP contribution in [-0.2, 0) is 4.79 Å². The van der Waals surface area contributed by atoms with Gasteiger partial charge in [-0.25, -0.2) is 0 Å². The molecule has 1 aliphatic rings. The molecule has 0 bridgehead atoms. The molecule has 4 nitrogen and oxygen atoms in total. The van der Waals surface area contributed by atoms with E-state index in [0.717, 1.165) is 11.3 Å². The third-order valence-electron chi connectivity index (χ3n) is 2.87. The fourth-order valence-corrected chi connectivity index (χ4v) is 1.95. The topological polar surface area (TPSA) is 55.6 Å². The fourth-order valence-electron chi connectivity index (χ4n) is 1.95. The summed E-state index contributed by atoms with van der Waals surface area (Å²) in [5.74, 6) is 0.692. The summed E-state index contributed by atoms with van der Waals surface area (Å²) in [4.78, 5) is 13.5. The predicted molar refractivity (Wildman–Crippen MR) is 62.7 cm³/mol. The molecule has 2 rings (SSSR count). The van der Waals surface area contributed by atoms with E-state index in [4.69, 9.17) is 10.5 Å². The van der Waals surface area contributed by atoms with E-state index in [1.54, 1.807) is 12.0 Å². The number of amides is 1. The molecule has 0 spiro atoms. The van der Waals surface area contributed by atoms with Crippen molar-refractivity contribution in [1.29, 1.82) is 0 Å². The number of hydrogen-bond acceptors (Lipinski definition) is 3. The average Bonchev–Trinajstić information content (AvgIpc) is 2.60. The second-order valence-corrected chi connectivity index (χ2v) is 4.06. The van der Waals surface area contributed by atoms with E-state index in [9.17, 15) is 4.79 Å². The Balaban J connectivity index is 2.39. The van der Waals surface area contributed by atoms with Gasteiger partial charge in [-0.05, 0) is 31.0 Å². The van der Waals surface area contributed by atoms with Gasteiger partial charge in [0.05, 0.1) is 18.8 Å². The van der Waals surface area contributed by atoms with Gasteiger partial charge >= 0.3 is 0 Å². The molecule has 1 saturated heterocycles. The van der Waals surface area contributed by atoms with Gasteiger partial charge in [0, 0.05) is 6.54 Å². The van der Waals surface area contributed by atoms with E-state index in [-0.39, 0.29) is 11.9 Å². The van der Waals surface area contributed by atoms with Gasteiger partial charge in [-0.3, -0.25) is 4.79 Å². The van der Waals surface area contributed by atoms with Crippen LogP contribution in [0.1, 0.15) is 12.0 Å². The highest BCUT2D eigenvalue weighted by Crippen LogP contribution is 2.31. The molecule has 1 aliphatic heterocycles. The zero-order chi connectivity index (χ0) is 11.7. The number of rotatable bonds is 2. The van der Waals surface area contributed by atoms with Gasteiger partial charge in [0.25, 0.3) is 0 Å². The van der Waals surface area contributed by atoms with Crippen molar-refractivity contribution in [3.63, 3.8) is 0 Å². The van der Waals surface area contributed by atoms with Crippen molar-refractivity contribution in [2.24, 2.45) is 5.73 Å². The van der Waals surface area contributed by atoms with Gasteiger partial charge in [0.15, 0.2) is 0 Å². The van der Waals surface area contributed by atoms with Crippen molar-refractivity contribution in [2.45, 2.75) is 19.4 Å². The van der Waals surface area contributed by atoms with E-state index in [1.807, 2.05) is 25.1 Å². The third kappa shape index (κ3) is 1.76. The van der Waals surface area contributed by atoms with Gasteiger partial charge in [-0.2, -0.15) is 0 Å². The first kappa shape index (κ1) is 11.0. The molecular weight excluding hydrogens is 204 g/mol. The van der Waals surface area contributed by atoms with Crippen molar-refractivity contribution in [2.75, 3.05) is 18.6 Å². The van der Waals surface area contributed by atoms with Gasteiger partial charge in [-0.15, -0.1) is 0 Å². The molecule has 2 N–H and O–H groups in total. The normalized spacial score (nSPS) is 20.3. The minimum atomic E-state index is -0.370. The van der Waals surface area contributed by atoms with Crippen LogP contribution in [0.25, 0.3) is 0 Å². The van der Waals surface area contributed by atoms with Gasteiger partial charge < -0.3 is 15.4 Å². The number of ether oxygens (including phenoxy) is 1. The molecule has 0 saturated carbocycles. The van der Waals surface area contributed by atoms with Crippen LogP contribution in [0.3, 0.4) is 0 Å². The smallest absolute Gasteiger partial charge is 0.244 e. The second kappa shape index (κ2) is 4.14. The first-order chi connectivity index (χ1) is 7.63. The Morgan fingerprint density at radius 3 is 2.81 bits per heavy atom. The van der Waals surface area contributed by atoms with Crippen LogP contribution in [0.2, 0.25) is 0 Å². The monoisotopic (exact) mass is 220 g/mol. The van der Waals surface area contributed by atoms with E-state index in [1.165, 1.54) is 0 Å². The van der Waals surface area contributed by atoms with E-state index in [0.29, 0.717) is 18.7 Å². The van der Waals surface area contributed by atoms with Crippen LogP contribution in [0.4, 0.5) is 5.69 Å². The molecule has 1 fully saturated rings. The summed E-state index contributed by atoms with van der Waals surface area (Å²) in [5.41, 5.74) is 7.62. The van der Waals surface area contributed by atoms with Crippen molar-refractivity contribution >= 4 is 11.6 Å². The Kier molecular flexibility index (Phi) is 2.83. The summed E-state index contributed by atoms with van der Waals surface area (Å²) < 4.78 is 5.26. The summed E-state index contributed by atoms with van der Waals surface area (Å²) in [5, 5.41) is 0. The molecule has 86 valence electrons. The molecule has 16 heavy (non-hydrogen) atoms. The van der Waals surface area contributed by atoms with Crippen LogP contribution >= 0.6 is 0 Å². The van der Waals surface area contributed by atoms with Crippen LogP contribution in [0.15, 0.2) is 18.2 Å². The summed E-state index contributed by atoms with van der Waals surface area (Å²) >= 11 is 0. The number of nitrogens with zero attached hydrogens (tertiary/aromatic N) is 1. The second-order valence-electron chi connectivity index (χ2n) is 4.06. The number of carbonyl (C=O) groups is 1. The number of carbonyl (C=O) groups excluding carboxylic acids is 1. The molecule has 0 aromatic heterocycles. The Hall–Kier alpha value is -1.55. The lowest BCUT2D eigenvalue weighted by Crippen LogP contribution is -2.34. The lowest BCUT2D eigenvalue weighted by Gasteiger charge is -2.19. The maximum Gasteiger partial charge on any atom is 0.244 e. The third-order valence-corrected chi connectivity index (χ3v) is 2.87. The van der Waals surface area contributed by atoms with E-state index in [2.05, 4.69) is 0 Å². The summed E-state index contributed by atoms with van der Waals surface area (Å²) in [6.07, 6.45) is 0.704. The molecule has 0 radical (unpaired) electrons. The number of anilines is 1. The summed E-state index contributed by atoms with van der Waals surface area (Å²) in [6.45, 7) is 2.66. The van der Waals surface area contributed by atoms with Gasteiger partial charge in [0.2, 0.25) is 5.91 Å². The molecule has 1 aromatic rings.